The first-order valence-electron chi connectivity index (χ1n) is 6.36. The van der Waals surface area contributed by atoms with Crippen LogP contribution in [0.4, 0.5) is 0 Å². The van der Waals surface area contributed by atoms with E-state index < -0.39 is 0 Å². The van der Waals surface area contributed by atoms with Crippen LogP contribution in [0.15, 0.2) is 12.1 Å². The maximum absolute atomic E-state index is 5.92. The van der Waals surface area contributed by atoms with E-state index in [1.165, 1.54) is 30.6 Å². The van der Waals surface area contributed by atoms with Gasteiger partial charge in [0.2, 0.25) is 0 Å². The zero-order valence-corrected chi connectivity index (χ0v) is 11.8. The van der Waals surface area contributed by atoms with E-state index in [4.69, 9.17) is 16.3 Å². The molecule has 0 radical (unpaired) electrons. The molecule has 1 N–H and O–H groups in total. The number of hydrogen-bond acceptors (Lipinski definition) is 3. The summed E-state index contributed by atoms with van der Waals surface area (Å²) in [5, 5.41) is 3.46. The molecule has 1 aromatic heterocycles. The molecule has 1 aliphatic carbocycles. The topological polar surface area (TPSA) is 21.3 Å². The van der Waals surface area contributed by atoms with Gasteiger partial charge in [0.05, 0.1) is 17.0 Å². The van der Waals surface area contributed by atoms with E-state index in [0.29, 0.717) is 12.1 Å². The Balaban J connectivity index is 1.61. The van der Waals surface area contributed by atoms with Gasteiger partial charge in [-0.15, -0.1) is 11.3 Å². The zero-order chi connectivity index (χ0) is 12.1. The van der Waals surface area contributed by atoms with E-state index in [9.17, 15) is 0 Å². The van der Waals surface area contributed by atoms with E-state index in [1.807, 2.05) is 6.07 Å². The third-order valence-corrected chi connectivity index (χ3v) is 4.64. The average Bonchev–Trinajstić information content (AvgIpc) is 2.95. The van der Waals surface area contributed by atoms with Crippen LogP contribution in [0.25, 0.3) is 0 Å². The van der Waals surface area contributed by atoms with Gasteiger partial charge in [-0.1, -0.05) is 24.4 Å². The molecule has 1 aromatic rings. The Kier molecular flexibility index (Phi) is 5.29. The summed E-state index contributed by atoms with van der Waals surface area (Å²) in [5.74, 6) is 0. The summed E-state index contributed by atoms with van der Waals surface area (Å²) in [6, 6.07) is 4.40. The fourth-order valence-corrected chi connectivity index (χ4v) is 3.31. The molecule has 0 aromatic carbocycles. The smallest absolute Gasteiger partial charge is 0.0931 e. The number of thiophene rings is 1. The van der Waals surface area contributed by atoms with Crippen LogP contribution in [0.3, 0.4) is 0 Å². The molecule has 2 rings (SSSR count). The van der Waals surface area contributed by atoms with Crippen molar-refractivity contribution in [3.63, 3.8) is 0 Å². The summed E-state index contributed by atoms with van der Waals surface area (Å²) in [7, 11) is 0. The fraction of sp³-hybridized carbons (Fsp3) is 0.692. The van der Waals surface area contributed by atoms with E-state index in [2.05, 4.69) is 18.3 Å². The van der Waals surface area contributed by atoms with Crippen molar-refractivity contribution in [3.8, 4) is 0 Å². The third kappa shape index (κ3) is 4.25. The molecular weight excluding hydrogens is 254 g/mol. The lowest BCUT2D eigenvalue weighted by molar-refractivity contribution is 0.0594. The number of hydrogen-bond donors (Lipinski definition) is 1. The maximum Gasteiger partial charge on any atom is 0.0931 e. The lowest BCUT2D eigenvalue weighted by atomic mass is 10.3. The predicted molar refractivity (Wildman–Crippen MR) is 74.0 cm³/mol. The van der Waals surface area contributed by atoms with Crippen LogP contribution in [0, 0.1) is 0 Å². The van der Waals surface area contributed by atoms with Crippen LogP contribution in [-0.4, -0.2) is 19.3 Å². The van der Waals surface area contributed by atoms with Crippen molar-refractivity contribution < 1.29 is 4.74 Å². The summed E-state index contributed by atoms with van der Waals surface area (Å²) >= 11 is 7.56. The van der Waals surface area contributed by atoms with Crippen LogP contribution >= 0.6 is 22.9 Å². The van der Waals surface area contributed by atoms with Gasteiger partial charge in [-0.25, -0.2) is 0 Å². The Hall–Kier alpha value is -0.0900. The predicted octanol–water partition coefficient (Wildman–Crippen LogP) is 4.01. The number of ether oxygens (including phenoxy) is 1. The SMILES string of the molecule is CC(NCCOC1CCCC1)c1ccc(Cl)s1. The Morgan fingerprint density at radius 3 is 2.88 bits per heavy atom. The Morgan fingerprint density at radius 1 is 1.47 bits per heavy atom. The van der Waals surface area contributed by atoms with Gasteiger partial charge < -0.3 is 10.1 Å². The number of rotatable bonds is 6. The lowest BCUT2D eigenvalue weighted by Crippen LogP contribution is -2.24. The first-order valence-corrected chi connectivity index (χ1v) is 7.55. The molecule has 0 amide bonds. The molecule has 17 heavy (non-hydrogen) atoms. The fourth-order valence-electron chi connectivity index (χ4n) is 2.22. The molecule has 1 heterocycles. The van der Waals surface area contributed by atoms with Gasteiger partial charge in [0.1, 0.15) is 0 Å². The molecule has 4 heteroatoms. The minimum Gasteiger partial charge on any atom is -0.377 e. The van der Waals surface area contributed by atoms with Crippen LogP contribution < -0.4 is 5.32 Å². The van der Waals surface area contributed by atoms with E-state index in [0.717, 1.165) is 17.5 Å². The maximum atomic E-state index is 5.92. The summed E-state index contributed by atoms with van der Waals surface area (Å²) in [6.45, 7) is 3.89. The quantitative estimate of drug-likeness (QED) is 0.791. The number of halogens is 1. The molecule has 1 atom stereocenters. The average molecular weight is 274 g/mol. The van der Waals surface area contributed by atoms with Gasteiger partial charge in [0, 0.05) is 17.5 Å². The van der Waals surface area contributed by atoms with Crippen molar-refractivity contribution in [2.24, 2.45) is 0 Å². The summed E-state index contributed by atoms with van der Waals surface area (Å²) in [6.07, 6.45) is 5.68. The van der Waals surface area contributed by atoms with Crippen molar-refractivity contribution in [3.05, 3.63) is 21.3 Å². The summed E-state index contributed by atoms with van der Waals surface area (Å²) in [5.41, 5.74) is 0. The van der Waals surface area contributed by atoms with Crippen LogP contribution in [0.5, 0.6) is 0 Å². The Labute approximate surface area is 112 Å². The summed E-state index contributed by atoms with van der Waals surface area (Å²) < 4.78 is 6.67. The van der Waals surface area contributed by atoms with E-state index >= 15 is 0 Å². The monoisotopic (exact) mass is 273 g/mol. The standard InChI is InChI=1S/C13H20ClNOS/c1-10(12-6-7-13(14)17-12)15-8-9-16-11-4-2-3-5-11/h6-7,10-11,15H,2-5,8-9H2,1H3. The largest absolute Gasteiger partial charge is 0.377 e. The van der Waals surface area contributed by atoms with Crippen molar-refractivity contribution in [1.82, 2.24) is 5.32 Å². The molecular formula is C13H20ClNOS. The van der Waals surface area contributed by atoms with Crippen LogP contribution in [-0.2, 0) is 4.74 Å². The highest BCUT2D eigenvalue weighted by Gasteiger charge is 2.15. The van der Waals surface area contributed by atoms with Crippen molar-refractivity contribution in [2.75, 3.05) is 13.2 Å². The molecule has 1 unspecified atom stereocenters. The molecule has 1 fully saturated rings. The molecule has 0 spiro atoms. The molecule has 0 bridgehead atoms. The zero-order valence-electron chi connectivity index (χ0n) is 10.2. The highest BCUT2D eigenvalue weighted by atomic mass is 35.5. The van der Waals surface area contributed by atoms with Crippen molar-refractivity contribution >= 4 is 22.9 Å². The van der Waals surface area contributed by atoms with Gasteiger partial charge in [-0.2, -0.15) is 0 Å². The van der Waals surface area contributed by atoms with Gasteiger partial charge in [-0.05, 0) is 31.9 Å². The molecule has 0 aliphatic heterocycles. The third-order valence-electron chi connectivity index (χ3n) is 3.23. The lowest BCUT2D eigenvalue weighted by Gasteiger charge is -2.14. The molecule has 1 saturated carbocycles. The Bertz CT molecular complexity index is 336. The molecule has 2 nitrogen and oxygen atoms in total. The highest BCUT2D eigenvalue weighted by molar-refractivity contribution is 7.16. The highest BCUT2D eigenvalue weighted by Crippen LogP contribution is 2.26. The second-order valence-electron chi connectivity index (χ2n) is 4.59. The first kappa shape index (κ1) is 13.3. The molecule has 96 valence electrons. The normalized spacial score (nSPS) is 18.7. The van der Waals surface area contributed by atoms with Crippen molar-refractivity contribution in [1.29, 1.82) is 0 Å². The summed E-state index contributed by atoms with van der Waals surface area (Å²) in [4.78, 5) is 1.29. The minimum atomic E-state index is 0.361. The second kappa shape index (κ2) is 6.74. The number of nitrogens with one attached hydrogen (secondary N) is 1. The van der Waals surface area contributed by atoms with E-state index in [1.54, 1.807) is 11.3 Å². The minimum absolute atomic E-state index is 0.361. The van der Waals surface area contributed by atoms with Crippen LogP contribution in [0.1, 0.15) is 43.5 Å². The second-order valence-corrected chi connectivity index (χ2v) is 6.34. The molecule has 1 aliphatic rings. The van der Waals surface area contributed by atoms with Gasteiger partial charge in [0.25, 0.3) is 0 Å². The Morgan fingerprint density at radius 2 is 2.24 bits per heavy atom. The van der Waals surface area contributed by atoms with Crippen LogP contribution in [0.2, 0.25) is 4.34 Å². The van der Waals surface area contributed by atoms with Crippen molar-refractivity contribution in [2.45, 2.75) is 44.8 Å². The first-order chi connectivity index (χ1) is 8.25. The molecule has 0 saturated heterocycles. The van der Waals surface area contributed by atoms with Gasteiger partial charge in [0.15, 0.2) is 0 Å². The van der Waals surface area contributed by atoms with Gasteiger partial charge >= 0.3 is 0 Å². The van der Waals surface area contributed by atoms with E-state index in [-0.39, 0.29) is 0 Å². The van der Waals surface area contributed by atoms with Gasteiger partial charge in [-0.3, -0.25) is 0 Å².